The number of nitrogens with zero attached hydrogens (tertiary/aromatic N) is 2. The molecule has 24 heavy (non-hydrogen) atoms. The summed E-state index contributed by atoms with van der Waals surface area (Å²) in [5.41, 5.74) is 1.75. The summed E-state index contributed by atoms with van der Waals surface area (Å²) in [5, 5.41) is 11.1. The molecule has 1 amide bonds. The number of H-pyrrole nitrogens is 1. The number of aromatic nitrogens is 2. The van der Waals surface area contributed by atoms with Gasteiger partial charge in [-0.1, -0.05) is 18.2 Å². The van der Waals surface area contributed by atoms with E-state index >= 15 is 0 Å². The highest BCUT2D eigenvalue weighted by atomic mass is 35.5. The smallest absolute Gasteiger partial charge is 0.244 e. The number of morpholine rings is 1. The third-order valence-corrected chi connectivity index (χ3v) is 3.95. The van der Waals surface area contributed by atoms with Crippen LogP contribution in [0.1, 0.15) is 12.1 Å². The molecule has 0 unspecified atom stereocenters. The van der Waals surface area contributed by atoms with Crippen molar-refractivity contribution >= 4 is 35.3 Å². The largest absolute Gasteiger partial charge is 0.379 e. The molecule has 0 bridgehead atoms. The molecule has 2 heterocycles. The van der Waals surface area contributed by atoms with Crippen LogP contribution in [-0.4, -0.2) is 60.4 Å². The summed E-state index contributed by atoms with van der Waals surface area (Å²) in [7, 11) is 0. The van der Waals surface area contributed by atoms with E-state index < -0.39 is 0 Å². The number of rotatable bonds is 6. The second-order valence-electron chi connectivity index (χ2n) is 5.59. The molecule has 0 aliphatic carbocycles. The van der Waals surface area contributed by atoms with Gasteiger partial charge in [-0.2, -0.15) is 5.10 Å². The Kier molecular flexibility index (Phi) is 7.24. The number of nitrogens with one attached hydrogen (secondary N) is 2. The highest BCUT2D eigenvalue weighted by molar-refractivity contribution is 5.95. The fourth-order valence-electron chi connectivity index (χ4n) is 2.66. The molecule has 0 atom stereocenters. The fourth-order valence-corrected chi connectivity index (χ4v) is 2.66. The lowest BCUT2D eigenvalue weighted by Crippen LogP contribution is -2.38. The zero-order chi connectivity index (χ0) is 15.9. The van der Waals surface area contributed by atoms with Crippen LogP contribution < -0.4 is 5.32 Å². The van der Waals surface area contributed by atoms with Gasteiger partial charge in [0.1, 0.15) is 0 Å². The maximum absolute atomic E-state index is 11.9. The van der Waals surface area contributed by atoms with E-state index in [-0.39, 0.29) is 18.3 Å². The van der Waals surface area contributed by atoms with Gasteiger partial charge in [-0.25, -0.2) is 0 Å². The van der Waals surface area contributed by atoms with Gasteiger partial charge in [0, 0.05) is 31.1 Å². The van der Waals surface area contributed by atoms with Gasteiger partial charge in [0.25, 0.3) is 0 Å². The Balaban J connectivity index is 0.00000208. The van der Waals surface area contributed by atoms with E-state index in [1.807, 2.05) is 24.3 Å². The van der Waals surface area contributed by atoms with Crippen LogP contribution in [0.2, 0.25) is 0 Å². The average molecular weight is 351 g/mol. The average Bonchev–Trinajstić information content (AvgIpc) is 3.01. The van der Waals surface area contributed by atoms with Crippen LogP contribution in [0.25, 0.3) is 17.0 Å². The topological polar surface area (TPSA) is 70.2 Å². The Bertz CT molecular complexity index is 680. The minimum atomic E-state index is -0.0842. The molecule has 1 aliphatic heterocycles. The van der Waals surface area contributed by atoms with Crippen molar-refractivity contribution in [2.75, 3.05) is 39.4 Å². The molecule has 1 aromatic carbocycles. The summed E-state index contributed by atoms with van der Waals surface area (Å²) >= 11 is 0. The van der Waals surface area contributed by atoms with Crippen molar-refractivity contribution in [2.45, 2.75) is 6.42 Å². The molecule has 6 nitrogen and oxygen atoms in total. The standard InChI is InChI=1S/C17H22N4O2.ClH/c22-17(18-8-3-9-21-10-12-23-13-11-21)7-6-16-14-4-1-2-5-15(14)19-20-16;/h1-2,4-7H,3,8-13H2,(H,18,22)(H,19,20);1H. The van der Waals surface area contributed by atoms with Crippen LogP contribution in [0.4, 0.5) is 0 Å². The first-order valence-electron chi connectivity index (χ1n) is 8.02. The predicted octanol–water partition coefficient (Wildman–Crippen LogP) is 1.84. The molecule has 1 aliphatic rings. The summed E-state index contributed by atoms with van der Waals surface area (Å²) in [6, 6.07) is 7.86. The molecule has 0 radical (unpaired) electrons. The molecule has 1 saturated heterocycles. The Morgan fingerprint density at radius 2 is 2.12 bits per heavy atom. The lowest BCUT2D eigenvalue weighted by atomic mass is 10.2. The Morgan fingerprint density at radius 1 is 1.33 bits per heavy atom. The van der Waals surface area contributed by atoms with Crippen molar-refractivity contribution in [3.05, 3.63) is 36.0 Å². The second-order valence-corrected chi connectivity index (χ2v) is 5.59. The number of para-hydroxylation sites is 1. The van der Waals surface area contributed by atoms with Gasteiger partial charge in [0.15, 0.2) is 0 Å². The summed E-state index contributed by atoms with van der Waals surface area (Å²) in [4.78, 5) is 14.2. The van der Waals surface area contributed by atoms with E-state index in [9.17, 15) is 4.79 Å². The summed E-state index contributed by atoms with van der Waals surface area (Å²) in [5.74, 6) is -0.0842. The highest BCUT2D eigenvalue weighted by Crippen LogP contribution is 2.15. The van der Waals surface area contributed by atoms with Crippen LogP contribution in [0.3, 0.4) is 0 Å². The third kappa shape index (κ3) is 5.06. The van der Waals surface area contributed by atoms with Gasteiger partial charge in [-0.05, 0) is 25.1 Å². The number of benzene rings is 1. The van der Waals surface area contributed by atoms with Gasteiger partial charge in [0.05, 0.1) is 24.4 Å². The Labute approximate surface area is 147 Å². The molecular formula is C17H23ClN4O2. The monoisotopic (exact) mass is 350 g/mol. The first kappa shape index (κ1) is 18.4. The predicted molar refractivity (Wildman–Crippen MR) is 97.3 cm³/mol. The van der Waals surface area contributed by atoms with E-state index in [2.05, 4.69) is 20.4 Å². The van der Waals surface area contributed by atoms with E-state index in [4.69, 9.17) is 4.74 Å². The Hall–Kier alpha value is -1.89. The molecule has 1 fully saturated rings. The zero-order valence-corrected chi connectivity index (χ0v) is 14.3. The second kappa shape index (κ2) is 9.42. The van der Waals surface area contributed by atoms with Crippen molar-refractivity contribution in [1.29, 1.82) is 0 Å². The molecule has 130 valence electrons. The number of ether oxygens (including phenoxy) is 1. The quantitative estimate of drug-likeness (QED) is 0.616. The van der Waals surface area contributed by atoms with E-state index in [1.165, 1.54) is 6.08 Å². The lowest BCUT2D eigenvalue weighted by Gasteiger charge is -2.26. The number of aromatic amines is 1. The van der Waals surface area contributed by atoms with E-state index in [1.54, 1.807) is 6.08 Å². The van der Waals surface area contributed by atoms with Crippen LogP contribution in [0.15, 0.2) is 30.3 Å². The van der Waals surface area contributed by atoms with Crippen molar-refractivity contribution in [3.8, 4) is 0 Å². The van der Waals surface area contributed by atoms with Crippen LogP contribution in [0, 0.1) is 0 Å². The minimum Gasteiger partial charge on any atom is -0.379 e. The van der Waals surface area contributed by atoms with E-state index in [0.29, 0.717) is 6.54 Å². The summed E-state index contributed by atoms with van der Waals surface area (Å²) < 4.78 is 5.31. The first-order chi connectivity index (χ1) is 11.3. The number of hydrogen-bond acceptors (Lipinski definition) is 4. The molecule has 7 heteroatoms. The maximum atomic E-state index is 11.9. The molecule has 2 aromatic rings. The van der Waals surface area contributed by atoms with Crippen LogP contribution >= 0.6 is 12.4 Å². The summed E-state index contributed by atoms with van der Waals surface area (Å²) in [6.07, 6.45) is 4.23. The number of hydrogen-bond donors (Lipinski definition) is 2. The first-order valence-corrected chi connectivity index (χ1v) is 8.02. The Morgan fingerprint density at radius 3 is 2.96 bits per heavy atom. The SMILES string of the molecule is Cl.O=C(C=Cc1n[nH]c2ccccc12)NCCCN1CCOCC1. The number of halogens is 1. The lowest BCUT2D eigenvalue weighted by molar-refractivity contribution is -0.116. The van der Waals surface area contributed by atoms with Gasteiger partial charge in [0.2, 0.25) is 5.91 Å². The van der Waals surface area contributed by atoms with Crippen molar-refractivity contribution in [1.82, 2.24) is 20.4 Å². The summed E-state index contributed by atoms with van der Waals surface area (Å²) in [6.45, 7) is 5.28. The molecule has 3 rings (SSSR count). The number of amides is 1. The van der Waals surface area contributed by atoms with Crippen molar-refractivity contribution in [2.24, 2.45) is 0 Å². The molecule has 2 N–H and O–H groups in total. The van der Waals surface area contributed by atoms with E-state index in [0.717, 1.165) is 55.9 Å². The highest BCUT2D eigenvalue weighted by Gasteiger charge is 2.09. The number of fused-ring (bicyclic) bond motifs is 1. The minimum absolute atomic E-state index is 0. The molecular weight excluding hydrogens is 328 g/mol. The third-order valence-electron chi connectivity index (χ3n) is 3.95. The molecule has 1 aromatic heterocycles. The van der Waals surface area contributed by atoms with Gasteiger partial charge in [-0.15, -0.1) is 12.4 Å². The number of carbonyl (C=O) groups excluding carboxylic acids is 1. The van der Waals surface area contributed by atoms with Gasteiger partial charge in [-0.3, -0.25) is 14.8 Å². The normalized spacial score (nSPS) is 15.5. The molecule has 0 spiro atoms. The van der Waals surface area contributed by atoms with Gasteiger partial charge >= 0.3 is 0 Å². The van der Waals surface area contributed by atoms with Gasteiger partial charge < -0.3 is 10.1 Å². The van der Waals surface area contributed by atoms with Crippen molar-refractivity contribution < 1.29 is 9.53 Å². The van der Waals surface area contributed by atoms with Crippen LogP contribution in [-0.2, 0) is 9.53 Å². The zero-order valence-electron chi connectivity index (χ0n) is 13.5. The van der Waals surface area contributed by atoms with Crippen molar-refractivity contribution in [3.63, 3.8) is 0 Å². The van der Waals surface area contributed by atoms with Crippen LogP contribution in [0.5, 0.6) is 0 Å². The molecule has 0 saturated carbocycles. The maximum Gasteiger partial charge on any atom is 0.244 e. The fraction of sp³-hybridized carbons (Fsp3) is 0.412. The number of carbonyl (C=O) groups is 1.